The second-order valence-electron chi connectivity index (χ2n) is 14.1. The van der Waals surface area contributed by atoms with Crippen LogP contribution in [0.25, 0.3) is 0 Å². The zero-order chi connectivity index (χ0) is 38.8. The molecular weight excluding hydrogens is 676 g/mol. The predicted octanol–water partition coefficient (Wildman–Crippen LogP) is 8.10. The van der Waals surface area contributed by atoms with Gasteiger partial charge in [-0.3, -0.25) is 9.59 Å². The number of esters is 2. The summed E-state index contributed by atoms with van der Waals surface area (Å²) in [5.41, 5.74) is 0. The average molecular weight is 751 g/mol. The van der Waals surface area contributed by atoms with Crippen LogP contribution in [0.15, 0.2) is 48.6 Å². The minimum Gasteiger partial charge on any atom is -0.462 e. The molecule has 0 aromatic carbocycles. The lowest BCUT2D eigenvalue weighted by molar-refractivity contribution is -0.305. The molecule has 1 heterocycles. The zero-order valence-corrected chi connectivity index (χ0v) is 33.0. The molecule has 0 bridgehead atoms. The van der Waals surface area contributed by atoms with Gasteiger partial charge in [-0.2, -0.15) is 0 Å². The molecule has 10 heteroatoms. The first-order valence-electron chi connectivity index (χ1n) is 20.7. The molecule has 2 unspecified atom stereocenters. The number of aliphatic hydroxyl groups excluding tert-OH is 4. The van der Waals surface area contributed by atoms with E-state index in [1.807, 2.05) is 0 Å². The third-order valence-electron chi connectivity index (χ3n) is 9.20. The highest BCUT2D eigenvalue weighted by atomic mass is 16.7. The van der Waals surface area contributed by atoms with E-state index in [0.29, 0.717) is 12.8 Å². The Morgan fingerprint density at radius 2 is 1.11 bits per heavy atom. The Kier molecular flexibility index (Phi) is 31.4. The third-order valence-corrected chi connectivity index (χ3v) is 9.20. The minimum absolute atomic E-state index is 0.214. The first-order chi connectivity index (χ1) is 25.8. The highest BCUT2D eigenvalue weighted by Gasteiger charge is 2.44. The molecule has 4 N–H and O–H groups in total. The molecule has 0 spiro atoms. The minimum atomic E-state index is -1.60. The molecule has 0 aromatic heterocycles. The summed E-state index contributed by atoms with van der Waals surface area (Å²) in [5.74, 6) is -0.841. The van der Waals surface area contributed by atoms with Crippen LogP contribution >= 0.6 is 0 Å². The zero-order valence-electron chi connectivity index (χ0n) is 33.0. The molecule has 0 amide bonds. The molecule has 1 saturated heterocycles. The van der Waals surface area contributed by atoms with Gasteiger partial charge in [0.15, 0.2) is 12.4 Å². The van der Waals surface area contributed by atoms with E-state index in [2.05, 4.69) is 62.5 Å². The fourth-order valence-corrected chi connectivity index (χ4v) is 5.90. The summed E-state index contributed by atoms with van der Waals surface area (Å²) >= 11 is 0. The van der Waals surface area contributed by atoms with Gasteiger partial charge in [0, 0.05) is 12.8 Å². The second-order valence-corrected chi connectivity index (χ2v) is 14.1. The number of hydrogen-bond donors (Lipinski definition) is 4. The van der Waals surface area contributed by atoms with Crippen LogP contribution in [0.1, 0.15) is 155 Å². The van der Waals surface area contributed by atoms with Crippen molar-refractivity contribution in [3.8, 4) is 0 Å². The molecule has 0 aromatic rings. The van der Waals surface area contributed by atoms with Crippen LogP contribution in [0.3, 0.4) is 0 Å². The van der Waals surface area contributed by atoms with Crippen molar-refractivity contribution in [1.29, 1.82) is 0 Å². The molecule has 0 aliphatic carbocycles. The summed E-state index contributed by atoms with van der Waals surface area (Å²) in [6.07, 6.45) is 31.2. The van der Waals surface area contributed by atoms with Gasteiger partial charge in [0.1, 0.15) is 31.0 Å². The number of carbonyl (C=O) groups is 2. The largest absolute Gasteiger partial charge is 0.462 e. The number of allylic oxidation sites excluding steroid dienone is 8. The Morgan fingerprint density at radius 3 is 1.70 bits per heavy atom. The number of unbranched alkanes of at least 4 members (excludes halogenated alkanes) is 14. The molecular formula is C43H74O10. The number of ether oxygens (including phenoxy) is 4. The molecule has 0 saturated carbocycles. The molecule has 0 radical (unpaired) electrons. The molecule has 1 fully saturated rings. The topological polar surface area (TPSA) is 152 Å². The van der Waals surface area contributed by atoms with Gasteiger partial charge in [-0.25, -0.2) is 0 Å². The fourth-order valence-electron chi connectivity index (χ4n) is 5.90. The number of rotatable bonds is 33. The smallest absolute Gasteiger partial charge is 0.306 e. The van der Waals surface area contributed by atoms with Gasteiger partial charge in [-0.15, -0.1) is 0 Å². The van der Waals surface area contributed by atoms with Gasteiger partial charge in [-0.1, -0.05) is 120 Å². The van der Waals surface area contributed by atoms with Crippen molar-refractivity contribution in [2.24, 2.45) is 0 Å². The summed E-state index contributed by atoms with van der Waals surface area (Å²) in [4.78, 5) is 25.2. The van der Waals surface area contributed by atoms with Gasteiger partial charge < -0.3 is 39.4 Å². The van der Waals surface area contributed by atoms with Gasteiger partial charge in [0.05, 0.1) is 13.2 Å². The number of aliphatic hydroxyl groups is 4. The van der Waals surface area contributed by atoms with Crippen molar-refractivity contribution in [3.05, 3.63) is 48.6 Å². The maximum Gasteiger partial charge on any atom is 0.306 e. The Labute approximate surface area is 320 Å². The van der Waals surface area contributed by atoms with E-state index in [1.165, 1.54) is 25.7 Å². The van der Waals surface area contributed by atoms with E-state index in [-0.39, 0.29) is 26.1 Å². The van der Waals surface area contributed by atoms with E-state index in [1.54, 1.807) is 0 Å². The van der Waals surface area contributed by atoms with Gasteiger partial charge >= 0.3 is 11.9 Å². The van der Waals surface area contributed by atoms with Crippen LogP contribution in [0.5, 0.6) is 0 Å². The summed E-state index contributed by atoms with van der Waals surface area (Å²) in [5, 5.41) is 40.0. The van der Waals surface area contributed by atoms with Crippen LogP contribution in [0, 0.1) is 0 Å². The van der Waals surface area contributed by atoms with Crippen molar-refractivity contribution in [2.75, 3.05) is 19.8 Å². The summed E-state index contributed by atoms with van der Waals surface area (Å²) in [6.45, 7) is 3.25. The van der Waals surface area contributed by atoms with E-state index in [0.717, 1.165) is 89.9 Å². The van der Waals surface area contributed by atoms with Gasteiger partial charge in [0.25, 0.3) is 0 Å². The maximum absolute atomic E-state index is 12.7. The molecule has 6 atom stereocenters. The van der Waals surface area contributed by atoms with E-state index < -0.39 is 55.4 Å². The van der Waals surface area contributed by atoms with Crippen molar-refractivity contribution >= 4 is 11.9 Å². The standard InChI is InChI=1S/C43H74O10/c1-3-5-7-9-11-13-15-17-18-20-21-23-25-27-29-31-38(45)50-34-36(35-51-43-42(49)41(48)40(47)37(33-44)53-43)52-39(46)32-30-28-26-24-22-19-16-14-12-10-8-6-4-2/h5,7,11,13-14,16-18,36-37,40-44,47-49H,3-4,6,8-10,12,15,19-35H2,1-2H3/b7-5+,13-11+,16-14+,18-17+/t36-,37-,40+,41?,42?,43-/m0/s1. The van der Waals surface area contributed by atoms with Crippen LogP contribution in [-0.4, -0.2) is 89.0 Å². The van der Waals surface area contributed by atoms with Gasteiger partial charge in [0.2, 0.25) is 0 Å². The monoisotopic (exact) mass is 751 g/mol. The van der Waals surface area contributed by atoms with E-state index in [4.69, 9.17) is 18.9 Å². The molecule has 53 heavy (non-hydrogen) atoms. The summed E-state index contributed by atoms with van der Waals surface area (Å²) in [6, 6.07) is 0. The molecule has 1 rings (SSSR count). The van der Waals surface area contributed by atoms with E-state index in [9.17, 15) is 30.0 Å². The summed E-state index contributed by atoms with van der Waals surface area (Å²) < 4.78 is 22.1. The highest BCUT2D eigenvalue weighted by Crippen LogP contribution is 2.22. The SMILES string of the molecule is CC/C=C/C/C=C/C/C=C/CCCCCCCC(=O)OC[C@@H](CO[C@H]1O[C@@H](CO)[C@@H](O)C(O)C1O)OC(=O)CCCCCCC/C=C/CCCCCC. The number of hydrogen-bond acceptors (Lipinski definition) is 10. The number of carbonyl (C=O) groups excluding carboxylic acids is 2. The Balaban J connectivity index is 2.39. The first-order valence-corrected chi connectivity index (χ1v) is 20.7. The molecule has 1 aliphatic heterocycles. The lowest BCUT2D eigenvalue weighted by Crippen LogP contribution is -2.59. The van der Waals surface area contributed by atoms with Crippen molar-refractivity contribution in [2.45, 2.75) is 192 Å². The quantitative estimate of drug-likeness (QED) is 0.0294. The lowest BCUT2D eigenvalue weighted by Gasteiger charge is -2.39. The van der Waals surface area contributed by atoms with Crippen LogP contribution in [0.4, 0.5) is 0 Å². The highest BCUT2D eigenvalue weighted by molar-refractivity contribution is 5.70. The molecule has 1 aliphatic rings. The third kappa shape index (κ3) is 26.2. The normalized spacial score (nSPS) is 21.4. The van der Waals surface area contributed by atoms with Crippen molar-refractivity contribution in [3.63, 3.8) is 0 Å². The Hall–Kier alpha value is -2.34. The maximum atomic E-state index is 12.7. The van der Waals surface area contributed by atoms with Crippen LogP contribution in [-0.2, 0) is 28.5 Å². The molecule has 306 valence electrons. The first kappa shape index (κ1) is 48.7. The predicted molar refractivity (Wildman–Crippen MR) is 210 cm³/mol. The van der Waals surface area contributed by atoms with Crippen LogP contribution in [0.2, 0.25) is 0 Å². The second kappa shape index (κ2) is 34.2. The fraction of sp³-hybridized carbons (Fsp3) is 0.767. The Bertz CT molecular complexity index is 1010. The van der Waals surface area contributed by atoms with Crippen molar-refractivity contribution in [1.82, 2.24) is 0 Å². The van der Waals surface area contributed by atoms with Crippen LogP contribution < -0.4 is 0 Å². The average Bonchev–Trinajstić information content (AvgIpc) is 3.15. The summed E-state index contributed by atoms with van der Waals surface area (Å²) in [7, 11) is 0. The lowest BCUT2D eigenvalue weighted by atomic mass is 9.99. The Morgan fingerprint density at radius 1 is 0.604 bits per heavy atom. The molecule has 10 nitrogen and oxygen atoms in total. The van der Waals surface area contributed by atoms with Gasteiger partial charge in [-0.05, 0) is 70.6 Å². The van der Waals surface area contributed by atoms with Crippen molar-refractivity contribution < 1.29 is 49.0 Å². The van der Waals surface area contributed by atoms with E-state index >= 15 is 0 Å².